The maximum absolute atomic E-state index is 13.0. The second-order valence-corrected chi connectivity index (χ2v) is 15.3. The summed E-state index contributed by atoms with van der Waals surface area (Å²) in [5, 5.41) is 14.2. The molecule has 14 heteroatoms. The molecule has 1 spiro atoms. The van der Waals surface area contributed by atoms with E-state index in [9.17, 15) is 21.9 Å². The fraction of sp³-hybridized carbons (Fsp3) is 0.571. The van der Waals surface area contributed by atoms with Crippen molar-refractivity contribution in [3.8, 4) is 5.75 Å². The predicted molar refractivity (Wildman–Crippen MR) is 161 cm³/mol. The molecule has 4 rings (SSSR count). The zero-order chi connectivity index (χ0) is 30.4. The van der Waals surface area contributed by atoms with Crippen molar-refractivity contribution in [3.05, 3.63) is 53.6 Å². The van der Waals surface area contributed by atoms with E-state index in [1.165, 1.54) is 22.5 Å². The molecule has 0 aromatic heterocycles. The van der Waals surface area contributed by atoms with Gasteiger partial charge in [0.1, 0.15) is 18.5 Å². The van der Waals surface area contributed by atoms with Crippen LogP contribution in [0.25, 0.3) is 0 Å². The SMILES string of the molecule is CN(C)CCCNS(=O)(=O)c1cccc(OC[C@@H](O)CNC2COC3(CCN(S(=O)(=O)c4cccc(Cl)c4)CC3)C2)c1. The number of ether oxygens (including phenoxy) is 2. The summed E-state index contributed by atoms with van der Waals surface area (Å²) >= 11 is 6.00. The van der Waals surface area contributed by atoms with Crippen molar-refractivity contribution in [1.82, 2.24) is 19.2 Å². The molecule has 11 nitrogen and oxygen atoms in total. The van der Waals surface area contributed by atoms with E-state index >= 15 is 0 Å². The molecule has 1 unspecified atom stereocenters. The lowest BCUT2D eigenvalue weighted by molar-refractivity contribution is -0.0312. The predicted octanol–water partition coefficient (Wildman–Crippen LogP) is 1.91. The minimum Gasteiger partial charge on any atom is -0.491 e. The van der Waals surface area contributed by atoms with Crippen molar-refractivity contribution in [2.45, 2.75) is 53.2 Å². The lowest BCUT2D eigenvalue weighted by Gasteiger charge is -2.38. The fourth-order valence-electron chi connectivity index (χ4n) is 5.20. The summed E-state index contributed by atoms with van der Waals surface area (Å²) in [5.41, 5.74) is -0.397. The molecule has 2 saturated heterocycles. The van der Waals surface area contributed by atoms with E-state index < -0.39 is 31.8 Å². The van der Waals surface area contributed by atoms with Gasteiger partial charge in [0.15, 0.2) is 0 Å². The number of nitrogens with one attached hydrogen (secondary N) is 2. The molecule has 3 N–H and O–H groups in total. The summed E-state index contributed by atoms with van der Waals surface area (Å²) < 4.78 is 67.2. The van der Waals surface area contributed by atoms with Gasteiger partial charge in [0.2, 0.25) is 20.0 Å². The van der Waals surface area contributed by atoms with Gasteiger partial charge >= 0.3 is 0 Å². The molecule has 234 valence electrons. The van der Waals surface area contributed by atoms with Gasteiger partial charge in [-0.15, -0.1) is 0 Å². The van der Waals surface area contributed by atoms with Crippen molar-refractivity contribution in [3.63, 3.8) is 0 Å². The highest BCUT2D eigenvalue weighted by molar-refractivity contribution is 7.89. The van der Waals surface area contributed by atoms with Gasteiger partial charge in [0, 0.05) is 43.3 Å². The normalized spacial score (nSPS) is 20.3. The maximum Gasteiger partial charge on any atom is 0.243 e. The van der Waals surface area contributed by atoms with Gasteiger partial charge in [-0.2, -0.15) is 4.31 Å². The fourth-order valence-corrected chi connectivity index (χ4v) is 8.06. The molecule has 0 bridgehead atoms. The molecule has 2 aliphatic rings. The molecule has 42 heavy (non-hydrogen) atoms. The van der Waals surface area contributed by atoms with Gasteiger partial charge in [0.25, 0.3) is 0 Å². The molecule has 2 fully saturated rings. The molecule has 0 radical (unpaired) electrons. The molecule has 2 aromatic carbocycles. The standard InChI is InChI=1S/C28H41ClN4O7S2/c1-32(2)13-5-12-31-41(35,36)26-8-4-7-25(17-26)39-21-24(34)19-30-23-18-28(40-20-23)10-14-33(15-11-28)42(37,38)27-9-3-6-22(29)16-27/h3-4,6-9,16-17,23-24,30-31,34H,5,10-15,18-21H2,1-2H3/t23?,24-/m0/s1. The van der Waals surface area contributed by atoms with Crippen LogP contribution in [0.3, 0.4) is 0 Å². The highest BCUT2D eigenvalue weighted by Gasteiger charge is 2.44. The van der Waals surface area contributed by atoms with Gasteiger partial charge in [-0.05, 0) is 76.7 Å². The van der Waals surface area contributed by atoms with Crippen molar-refractivity contribution in [2.75, 3.05) is 60.0 Å². The van der Waals surface area contributed by atoms with E-state index in [1.807, 2.05) is 19.0 Å². The average molecular weight is 645 g/mol. The number of piperidine rings is 1. The molecule has 0 amide bonds. The van der Waals surface area contributed by atoms with Gasteiger partial charge in [0.05, 0.1) is 22.0 Å². The third-order valence-electron chi connectivity index (χ3n) is 7.55. The molecule has 2 aliphatic heterocycles. The van der Waals surface area contributed by atoms with Crippen LogP contribution in [0.15, 0.2) is 58.3 Å². The Morgan fingerprint density at radius 2 is 1.83 bits per heavy atom. The smallest absolute Gasteiger partial charge is 0.243 e. The lowest BCUT2D eigenvalue weighted by Crippen LogP contribution is -2.47. The monoisotopic (exact) mass is 644 g/mol. The first-order valence-electron chi connectivity index (χ1n) is 14.1. The first-order chi connectivity index (χ1) is 19.9. The second kappa shape index (κ2) is 14.3. The van der Waals surface area contributed by atoms with Crippen LogP contribution in [-0.4, -0.2) is 109 Å². The number of hydrogen-bond acceptors (Lipinski definition) is 9. The number of sulfonamides is 2. The third-order valence-corrected chi connectivity index (χ3v) is 11.1. The number of benzene rings is 2. The number of hydrogen-bond donors (Lipinski definition) is 3. The maximum atomic E-state index is 13.0. The zero-order valence-electron chi connectivity index (χ0n) is 24.0. The van der Waals surface area contributed by atoms with Gasteiger partial charge in [-0.3, -0.25) is 0 Å². The van der Waals surface area contributed by atoms with E-state index in [4.69, 9.17) is 21.1 Å². The summed E-state index contributed by atoms with van der Waals surface area (Å²) in [6, 6.07) is 12.5. The third kappa shape index (κ3) is 8.87. The Bertz CT molecular complexity index is 1400. The number of rotatable bonds is 14. The summed E-state index contributed by atoms with van der Waals surface area (Å²) in [5.74, 6) is 0.354. The molecule has 0 aliphatic carbocycles. The Hall–Kier alpha value is -1.81. The van der Waals surface area contributed by atoms with E-state index in [1.54, 1.807) is 30.3 Å². The lowest BCUT2D eigenvalue weighted by atomic mass is 9.88. The Morgan fingerprint density at radius 1 is 1.12 bits per heavy atom. The van der Waals surface area contributed by atoms with Crippen LogP contribution in [0, 0.1) is 0 Å². The van der Waals surface area contributed by atoms with E-state index in [-0.39, 0.29) is 29.0 Å². The van der Waals surface area contributed by atoms with Crippen LogP contribution in [-0.2, 0) is 24.8 Å². The first kappa shape index (κ1) is 33.1. The molecular weight excluding hydrogens is 604 g/mol. The summed E-state index contributed by atoms with van der Waals surface area (Å²) in [4.78, 5) is 2.29. The van der Waals surface area contributed by atoms with Crippen LogP contribution in [0.2, 0.25) is 5.02 Å². The van der Waals surface area contributed by atoms with Crippen LogP contribution < -0.4 is 14.8 Å². The van der Waals surface area contributed by atoms with E-state index in [0.717, 1.165) is 6.54 Å². The molecule has 2 atom stereocenters. The summed E-state index contributed by atoms with van der Waals surface area (Å²) in [7, 11) is -3.42. The Labute approximate surface area is 254 Å². The average Bonchev–Trinajstić information content (AvgIpc) is 3.35. The number of aliphatic hydroxyl groups excluding tert-OH is 1. The van der Waals surface area contributed by atoms with Crippen LogP contribution in [0.5, 0.6) is 5.75 Å². The van der Waals surface area contributed by atoms with Crippen molar-refractivity contribution < 1.29 is 31.4 Å². The number of halogens is 1. The minimum absolute atomic E-state index is 0.0121. The van der Waals surface area contributed by atoms with Gasteiger partial charge < -0.3 is 24.8 Å². The van der Waals surface area contributed by atoms with Crippen molar-refractivity contribution in [2.24, 2.45) is 0 Å². The Morgan fingerprint density at radius 3 is 2.55 bits per heavy atom. The van der Waals surface area contributed by atoms with Crippen LogP contribution in [0.1, 0.15) is 25.7 Å². The van der Waals surface area contributed by atoms with Crippen molar-refractivity contribution >= 4 is 31.6 Å². The number of nitrogens with zero attached hydrogens (tertiary/aromatic N) is 2. The number of aliphatic hydroxyl groups is 1. The van der Waals surface area contributed by atoms with Gasteiger partial charge in [-0.25, -0.2) is 21.6 Å². The molecule has 0 saturated carbocycles. The highest BCUT2D eigenvalue weighted by atomic mass is 35.5. The summed E-state index contributed by atoms with van der Waals surface area (Å²) in [6.45, 7) is 2.56. The van der Waals surface area contributed by atoms with Crippen molar-refractivity contribution in [1.29, 1.82) is 0 Å². The van der Waals surface area contributed by atoms with Crippen LogP contribution >= 0.6 is 11.6 Å². The Kier molecular flexibility index (Phi) is 11.3. The van der Waals surface area contributed by atoms with E-state index in [0.29, 0.717) is 62.7 Å². The van der Waals surface area contributed by atoms with E-state index in [2.05, 4.69) is 10.0 Å². The highest BCUT2D eigenvalue weighted by Crippen LogP contribution is 2.37. The Balaban J connectivity index is 1.19. The van der Waals surface area contributed by atoms with Crippen LogP contribution in [0.4, 0.5) is 0 Å². The molecule has 2 aromatic rings. The van der Waals surface area contributed by atoms with Gasteiger partial charge in [-0.1, -0.05) is 23.7 Å². The summed E-state index contributed by atoms with van der Waals surface area (Å²) in [6.07, 6.45) is 1.75. The first-order valence-corrected chi connectivity index (χ1v) is 17.4. The second-order valence-electron chi connectivity index (χ2n) is 11.2. The quantitative estimate of drug-likeness (QED) is 0.263. The topological polar surface area (TPSA) is 138 Å². The molecule has 2 heterocycles. The minimum atomic E-state index is -3.66. The molecular formula is C28H41ClN4O7S2. The largest absolute Gasteiger partial charge is 0.491 e. The zero-order valence-corrected chi connectivity index (χ0v) is 26.4.